The van der Waals surface area contributed by atoms with Gasteiger partial charge in [0, 0.05) is 28.3 Å². The van der Waals surface area contributed by atoms with E-state index in [0.29, 0.717) is 28.8 Å². The first-order chi connectivity index (χ1) is 16.9. The predicted octanol–water partition coefficient (Wildman–Crippen LogP) is 5.99. The van der Waals surface area contributed by atoms with Crippen LogP contribution in [0.5, 0.6) is 0 Å². The number of carbonyl (C=O) groups excluding carboxylic acids is 1. The average molecular weight is 538 g/mol. The molecule has 3 aromatic carbocycles. The zero-order valence-corrected chi connectivity index (χ0v) is 20.5. The number of ether oxygens (including phenoxy) is 1. The van der Waals surface area contributed by atoms with E-state index in [0.717, 1.165) is 15.7 Å². The first-order valence-electron chi connectivity index (χ1n) is 11.2. The Balaban J connectivity index is 1.51. The number of amides is 1. The van der Waals surface area contributed by atoms with Crippen LogP contribution in [0.25, 0.3) is 16.9 Å². The van der Waals surface area contributed by atoms with Gasteiger partial charge >= 0.3 is 0 Å². The molecular weight excluding hydrogens is 516 g/mol. The third-order valence-electron chi connectivity index (χ3n) is 6.02. The van der Waals surface area contributed by atoms with Gasteiger partial charge in [-0.3, -0.25) is 4.79 Å². The molecule has 1 aliphatic rings. The summed E-state index contributed by atoms with van der Waals surface area (Å²) in [5.41, 5.74) is 4.16. The molecule has 0 saturated carbocycles. The highest BCUT2D eigenvalue weighted by atomic mass is 79.9. The van der Waals surface area contributed by atoms with E-state index in [4.69, 9.17) is 9.84 Å². The summed E-state index contributed by atoms with van der Waals surface area (Å²) in [5.74, 6) is -0.815. The highest BCUT2D eigenvalue weighted by Gasteiger charge is 2.36. The molecule has 1 atom stereocenters. The first kappa shape index (κ1) is 23.4. The number of hydrogen-bond acceptors (Lipinski definition) is 3. The third kappa shape index (κ3) is 4.90. The maximum absolute atomic E-state index is 14.4. The van der Waals surface area contributed by atoms with Gasteiger partial charge in [-0.1, -0.05) is 28.1 Å². The van der Waals surface area contributed by atoms with Crippen molar-refractivity contribution in [3.63, 3.8) is 0 Å². The summed E-state index contributed by atoms with van der Waals surface area (Å²) in [4.78, 5) is 14.4. The number of carbonyl (C=O) groups is 1. The molecule has 0 N–H and O–H groups in total. The molecule has 0 spiro atoms. The van der Waals surface area contributed by atoms with Gasteiger partial charge in [0.1, 0.15) is 23.9 Å². The monoisotopic (exact) mass is 537 g/mol. The van der Waals surface area contributed by atoms with Gasteiger partial charge < -0.3 is 9.64 Å². The molecule has 0 radical (unpaired) electrons. The van der Waals surface area contributed by atoms with Gasteiger partial charge in [-0.05, 0) is 79.1 Å². The van der Waals surface area contributed by atoms with Gasteiger partial charge in [-0.2, -0.15) is 5.10 Å². The largest absolute Gasteiger partial charge is 0.344 e. The highest BCUT2D eigenvalue weighted by Crippen LogP contribution is 2.35. The van der Waals surface area contributed by atoms with Gasteiger partial charge in [0.2, 0.25) is 0 Å². The van der Waals surface area contributed by atoms with E-state index in [1.165, 1.54) is 18.2 Å². The molecule has 1 aliphatic heterocycles. The molecule has 1 fully saturated rings. The van der Waals surface area contributed by atoms with Crippen molar-refractivity contribution in [3.05, 3.63) is 106 Å². The summed E-state index contributed by atoms with van der Waals surface area (Å²) in [5, 5.41) is 4.76. The van der Waals surface area contributed by atoms with Crippen molar-refractivity contribution < 1.29 is 18.3 Å². The minimum Gasteiger partial charge on any atom is -0.344 e. The van der Waals surface area contributed by atoms with Crippen LogP contribution in [0.15, 0.2) is 77.4 Å². The number of halogens is 3. The fourth-order valence-corrected chi connectivity index (χ4v) is 4.44. The Hall–Kier alpha value is -3.36. The second-order valence-corrected chi connectivity index (χ2v) is 9.37. The minimum atomic E-state index is -0.694. The van der Waals surface area contributed by atoms with E-state index in [1.54, 1.807) is 27.8 Å². The smallest absolute Gasteiger partial charge is 0.250 e. The Morgan fingerprint density at radius 3 is 2.51 bits per heavy atom. The second kappa shape index (κ2) is 9.71. The van der Waals surface area contributed by atoms with Crippen LogP contribution >= 0.6 is 15.9 Å². The summed E-state index contributed by atoms with van der Waals surface area (Å²) >= 11 is 3.44. The van der Waals surface area contributed by atoms with E-state index in [-0.39, 0.29) is 30.7 Å². The van der Waals surface area contributed by atoms with E-state index in [9.17, 15) is 13.6 Å². The van der Waals surface area contributed by atoms with Crippen molar-refractivity contribution in [2.24, 2.45) is 0 Å². The third-order valence-corrected chi connectivity index (χ3v) is 6.54. The number of nitrogens with zero attached hydrogens (tertiary/aromatic N) is 3. The molecule has 0 bridgehead atoms. The SMILES string of the molecule is Cc1ccc(CCN2C(=O)COC2c2cn(-c3ccc(Br)cc3)nc2-c2ccc(F)cc2)c(F)c1. The summed E-state index contributed by atoms with van der Waals surface area (Å²) in [6, 6.07) is 18.8. The lowest BCUT2D eigenvalue weighted by Gasteiger charge is -2.23. The Morgan fingerprint density at radius 2 is 1.80 bits per heavy atom. The molecular formula is C27H22BrF2N3O2. The Kier molecular flexibility index (Phi) is 6.49. The molecule has 8 heteroatoms. The minimum absolute atomic E-state index is 0.0760. The van der Waals surface area contributed by atoms with E-state index >= 15 is 0 Å². The summed E-state index contributed by atoms with van der Waals surface area (Å²) in [6.45, 7) is 2.05. The lowest BCUT2D eigenvalue weighted by Crippen LogP contribution is -2.31. The molecule has 2 heterocycles. The maximum atomic E-state index is 14.4. The van der Waals surface area contributed by atoms with Crippen LogP contribution in [0.3, 0.4) is 0 Å². The van der Waals surface area contributed by atoms with Crippen molar-refractivity contribution in [1.29, 1.82) is 0 Å². The lowest BCUT2D eigenvalue weighted by atomic mass is 10.1. The van der Waals surface area contributed by atoms with Crippen LogP contribution < -0.4 is 0 Å². The van der Waals surface area contributed by atoms with Crippen molar-refractivity contribution in [1.82, 2.24) is 14.7 Å². The zero-order valence-electron chi connectivity index (χ0n) is 18.9. The molecule has 35 heavy (non-hydrogen) atoms. The fraction of sp³-hybridized carbons (Fsp3) is 0.185. The highest BCUT2D eigenvalue weighted by molar-refractivity contribution is 9.10. The van der Waals surface area contributed by atoms with Crippen LogP contribution in [0.4, 0.5) is 8.78 Å². The van der Waals surface area contributed by atoms with Gasteiger partial charge in [-0.15, -0.1) is 0 Å². The molecule has 1 unspecified atom stereocenters. The van der Waals surface area contributed by atoms with Crippen LogP contribution in [-0.4, -0.2) is 33.7 Å². The summed E-state index contributed by atoms with van der Waals surface area (Å²) < 4.78 is 36.6. The fourth-order valence-electron chi connectivity index (χ4n) is 4.18. The van der Waals surface area contributed by atoms with Gasteiger partial charge in [0.25, 0.3) is 5.91 Å². The zero-order chi connectivity index (χ0) is 24.5. The van der Waals surface area contributed by atoms with E-state index < -0.39 is 6.23 Å². The van der Waals surface area contributed by atoms with E-state index in [1.807, 2.05) is 43.5 Å². The Morgan fingerprint density at radius 1 is 1.06 bits per heavy atom. The average Bonchev–Trinajstić information content (AvgIpc) is 3.43. The quantitative estimate of drug-likeness (QED) is 0.303. The van der Waals surface area contributed by atoms with Crippen LogP contribution in [0.1, 0.15) is 22.9 Å². The lowest BCUT2D eigenvalue weighted by molar-refractivity contribution is -0.128. The van der Waals surface area contributed by atoms with Crippen molar-refractivity contribution in [2.75, 3.05) is 13.2 Å². The van der Waals surface area contributed by atoms with Gasteiger partial charge in [-0.25, -0.2) is 13.5 Å². The molecule has 1 amide bonds. The maximum Gasteiger partial charge on any atom is 0.250 e. The number of hydrogen-bond donors (Lipinski definition) is 0. The summed E-state index contributed by atoms with van der Waals surface area (Å²) in [7, 11) is 0. The summed E-state index contributed by atoms with van der Waals surface area (Å²) in [6.07, 6.45) is 1.48. The van der Waals surface area contributed by atoms with Gasteiger partial charge in [0.15, 0.2) is 6.23 Å². The van der Waals surface area contributed by atoms with Gasteiger partial charge in [0.05, 0.1) is 5.69 Å². The number of benzene rings is 3. The normalized spacial score (nSPS) is 15.7. The molecule has 5 nitrogen and oxygen atoms in total. The van der Waals surface area contributed by atoms with Crippen LogP contribution in [0, 0.1) is 18.6 Å². The number of aromatic nitrogens is 2. The first-order valence-corrected chi connectivity index (χ1v) is 12.0. The molecule has 178 valence electrons. The predicted molar refractivity (Wildman–Crippen MR) is 132 cm³/mol. The molecule has 4 aromatic rings. The Bertz CT molecular complexity index is 1370. The van der Waals surface area contributed by atoms with E-state index in [2.05, 4.69) is 15.9 Å². The standard InChI is InChI=1S/C27H22BrF2N3O2/c1-17-2-3-18(24(30)14-17)12-13-32-25(34)16-35-27(32)23-15-33(22-10-6-20(28)7-11-22)31-26(23)19-4-8-21(29)9-5-19/h2-11,14-15,27H,12-13,16H2,1H3. The topological polar surface area (TPSA) is 47.4 Å². The van der Waals surface area contributed by atoms with Crippen molar-refractivity contribution >= 4 is 21.8 Å². The van der Waals surface area contributed by atoms with Crippen molar-refractivity contribution in [2.45, 2.75) is 19.6 Å². The number of aryl methyl sites for hydroxylation is 1. The second-order valence-electron chi connectivity index (χ2n) is 8.46. The van der Waals surface area contributed by atoms with Crippen molar-refractivity contribution in [3.8, 4) is 16.9 Å². The Labute approximate surface area is 210 Å². The molecule has 1 aromatic heterocycles. The molecule has 1 saturated heterocycles. The molecule has 5 rings (SSSR count). The van der Waals surface area contributed by atoms with Crippen LogP contribution in [0.2, 0.25) is 0 Å². The molecule has 0 aliphatic carbocycles. The van der Waals surface area contributed by atoms with Crippen LogP contribution in [-0.2, 0) is 16.0 Å². The number of rotatable bonds is 6.